The molecule has 0 atom stereocenters. The fraction of sp³-hybridized carbons (Fsp3) is 0.273. The standard InChI is InChI=1S/C11H11N3O3S/c1-5-7(3)17-11(14-5)18-10-12-4-8(9(15)16)6(2)13-10/h4H,1-3H3,(H,15,16). The number of nitrogens with zero attached hydrogens (tertiary/aromatic N) is 3. The van der Waals surface area contributed by atoms with Crippen LogP contribution in [0.2, 0.25) is 0 Å². The minimum Gasteiger partial charge on any atom is -0.478 e. The number of aromatic carboxylic acids is 1. The lowest BCUT2D eigenvalue weighted by Gasteiger charge is -2.00. The van der Waals surface area contributed by atoms with Gasteiger partial charge >= 0.3 is 5.97 Å². The highest BCUT2D eigenvalue weighted by molar-refractivity contribution is 7.98. The number of carboxylic acids is 1. The number of carbonyl (C=O) groups is 1. The molecule has 94 valence electrons. The Labute approximate surface area is 107 Å². The second kappa shape index (κ2) is 4.77. The fourth-order valence-electron chi connectivity index (χ4n) is 1.27. The van der Waals surface area contributed by atoms with Gasteiger partial charge in [-0.3, -0.25) is 0 Å². The zero-order valence-corrected chi connectivity index (χ0v) is 10.9. The molecule has 0 amide bonds. The predicted octanol–water partition coefficient (Wildman–Crippen LogP) is 2.24. The van der Waals surface area contributed by atoms with Crippen LogP contribution in [0.15, 0.2) is 21.0 Å². The molecular weight excluding hydrogens is 254 g/mol. The molecule has 1 N–H and O–H groups in total. The van der Waals surface area contributed by atoms with Crippen LogP contribution in [-0.4, -0.2) is 26.0 Å². The molecular formula is C11H11N3O3S. The second-order valence-corrected chi connectivity index (χ2v) is 4.60. The number of hydrogen-bond acceptors (Lipinski definition) is 6. The molecule has 0 aliphatic carbocycles. The van der Waals surface area contributed by atoms with Crippen molar-refractivity contribution in [2.75, 3.05) is 0 Å². The molecule has 0 fully saturated rings. The van der Waals surface area contributed by atoms with Crippen LogP contribution >= 0.6 is 11.8 Å². The van der Waals surface area contributed by atoms with E-state index in [0.717, 1.165) is 23.2 Å². The third-order valence-electron chi connectivity index (χ3n) is 2.38. The maximum absolute atomic E-state index is 10.8. The summed E-state index contributed by atoms with van der Waals surface area (Å²) >= 11 is 1.16. The van der Waals surface area contributed by atoms with Gasteiger partial charge in [0, 0.05) is 18.0 Å². The van der Waals surface area contributed by atoms with Crippen LogP contribution in [0, 0.1) is 20.8 Å². The van der Waals surface area contributed by atoms with Crippen molar-refractivity contribution in [1.82, 2.24) is 15.0 Å². The molecule has 18 heavy (non-hydrogen) atoms. The molecule has 0 aromatic carbocycles. The van der Waals surface area contributed by atoms with Gasteiger partial charge in [0.15, 0.2) is 5.16 Å². The van der Waals surface area contributed by atoms with E-state index in [4.69, 9.17) is 9.52 Å². The van der Waals surface area contributed by atoms with E-state index in [1.165, 1.54) is 6.20 Å². The van der Waals surface area contributed by atoms with Gasteiger partial charge in [-0.25, -0.2) is 19.7 Å². The van der Waals surface area contributed by atoms with Crippen molar-refractivity contribution in [2.45, 2.75) is 31.2 Å². The van der Waals surface area contributed by atoms with Gasteiger partial charge < -0.3 is 9.52 Å². The largest absolute Gasteiger partial charge is 0.478 e. The summed E-state index contributed by atoms with van der Waals surface area (Å²) in [5, 5.41) is 9.74. The quantitative estimate of drug-likeness (QED) is 0.851. The maximum atomic E-state index is 10.8. The Morgan fingerprint density at radius 1 is 1.28 bits per heavy atom. The Kier molecular flexibility index (Phi) is 3.33. The molecule has 0 aliphatic heterocycles. The van der Waals surface area contributed by atoms with Gasteiger partial charge in [-0.15, -0.1) is 0 Å². The monoisotopic (exact) mass is 265 g/mol. The molecule has 2 aromatic rings. The van der Waals surface area contributed by atoms with E-state index in [9.17, 15) is 4.79 Å². The molecule has 0 aliphatic rings. The number of carboxylic acid groups (broad SMARTS) is 1. The maximum Gasteiger partial charge on any atom is 0.339 e. The Morgan fingerprint density at radius 2 is 2.00 bits per heavy atom. The first-order valence-corrected chi connectivity index (χ1v) is 5.98. The Bertz CT molecular complexity index is 590. The van der Waals surface area contributed by atoms with E-state index >= 15 is 0 Å². The Morgan fingerprint density at radius 3 is 2.50 bits per heavy atom. The number of oxazole rings is 1. The average Bonchev–Trinajstić information content (AvgIpc) is 2.57. The summed E-state index contributed by atoms with van der Waals surface area (Å²) in [7, 11) is 0. The molecule has 2 heterocycles. The van der Waals surface area contributed by atoms with Crippen LogP contribution in [0.4, 0.5) is 0 Å². The van der Waals surface area contributed by atoms with Crippen molar-refractivity contribution < 1.29 is 14.3 Å². The summed E-state index contributed by atoms with van der Waals surface area (Å²) in [5.41, 5.74) is 1.33. The van der Waals surface area contributed by atoms with Gasteiger partial charge in [0.05, 0.1) is 17.0 Å². The predicted molar refractivity (Wildman–Crippen MR) is 63.8 cm³/mol. The van der Waals surface area contributed by atoms with Crippen molar-refractivity contribution in [3.05, 3.63) is 28.9 Å². The minimum absolute atomic E-state index is 0.0964. The van der Waals surface area contributed by atoms with E-state index < -0.39 is 5.97 Å². The third-order valence-corrected chi connectivity index (χ3v) is 3.10. The molecule has 0 saturated heterocycles. The molecule has 0 radical (unpaired) electrons. The summed E-state index contributed by atoms with van der Waals surface area (Å²) in [6.45, 7) is 5.30. The number of hydrogen-bond donors (Lipinski definition) is 1. The SMILES string of the molecule is Cc1nc(Sc2nc(C)c(C)o2)ncc1C(=O)O. The van der Waals surface area contributed by atoms with Crippen LogP contribution in [0.1, 0.15) is 27.5 Å². The molecule has 0 spiro atoms. The average molecular weight is 265 g/mol. The zero-order chi connectivity index (χ0) is 13.3. The van der Waals surface area contributed by atoms with Gasteiger partial charge in [0.2, 0.25) is 0 Å². The molecule has 0 unspecified atom stereocenters. The van der Waals surface area contributed by atoms with Gasteiger partial charge in [0.25, 0.3) is 5.22 Å². The lowest BCUT2D eigenvalue weighted by molar-refractivity contribution is 0.0695. The zero-order valence-electron chi connectivity index (χ0n) is 10.1. The minimum atomic E-state index is -1.04. The molecule has 7 heteroatoms. The van der Waals surface area contributed by atoms with Crippen LogP contribution in [0.25, 0.3) is 0 Å². The normalized spacial score (nSPS) is 10.6. The van der Waals surface area contributed by atoms with Crippen molar-refractivity contribution in [2.24, 2.45) is 0 Å². The summed E-state index contributed by atoms with van der Waals surface area (Å²) in [6.07, 6.45) is 1.29. The van der Waals surface area contributed by atoms with Crippen LogP contribution in [-0.2, 0) is 0 Å². The molecule has 2 rings (SSSR count). The molecule has 0 saturated carbocycles. The van der Waals surface area contributed by atoms with E-state index in [2.05, 4.69) is 15.0 Å². The van der Waals surface area contributed by atoms with Gasteiger partial charge in [-0.2, -0.15) is 0 Å². The first-order chi connectivity index (χ1) is 8.47. The second-order valence-electron chi connectivity index (χ2n) is 3.68. The highest BCUT2D eigenvalue weighted by Gasteiger charge is 2.13. The van der Waals surface area contributed by atoms with E-state index in [1.807, 2.05) is 13.8 Å². The highest BCUT2D eigenvalue weighted by atomic mass is 32.2. The molecule has 6 nitrogen and oxygen atoms in total. The summed E-state index contributed by atoms with van der Waals surface area (Å²) < 4.78 is 5.39. The summed E-state index contributed by atoms with van der Waals surface area (Å²) in [5.74, 6) is -0.289. The van der Waals surface area contributed by atoms with E-state index in [0.29, 0.717) is 16.1 Å². The smallest absolute Gasteiger partial charge is 0.339 e. The fourth-order valence-corrected chi connectivity index (χ4v) is 2.06. The Balaban J connectivity index is 2.25. The highest BCUT2D eigenvalue weighted by Crippen LogP contribution is 2.25. The van der Waals surface area contributed by atoms with Crippen LogP contribution in [0.3, 0.4) is 0 Å². The number of rotatable bonds is 3. The number of aromatic nitrogens is 3. The van der Waals surface area contributed by atoms with Crippen LogP contribution in [0.5, 0.6) is 0 Å². The summed E-state index contributed by atoms with van der Waals surface area (Å²) in [4.78, 5) is 23.1. The third kappa shape index (κ3) is 2.51. The first-order valence-electron chi connectivity index (χ1n) is 5.16. The van der Waals surface area contributed by atoms with Crippen molar-refractivity contribution in [3.8, 4) is 0 Å². The lowest BCUT2D eigenvalue weighted by atomic mass is 10.2. The van der Waals surface area contributed by atoms with E-state index in [1.54, 1.807) is 6.92 Å². The van der Waals surface area contributed by atoms with Crippen molar-refractivity contribution in [1.29, 1.82) is 0 Å². The summed E-state index contributed by atoms with van der Waals surface area (Å²) in [6, 6.07) is 0. The molecule has 2 aromatic heterocycles. The van der Waals surface area contributed by atoms with Crippen LogP contribution < -0.4 is 0 Å². The number of aryl methyl sites for hydroxylation is 3. The lowest BCUT2D eigenvalue weighted by Crippen LogP contribution is -2.03. The topological polar surface area (TPSA) is 89.1 Å². The van der Waals surface area contributed by atoms with E-state index in [-0.39, 0.29) is 5.56 Å². The van der Waals surface area contributed by atoms with Gasteiger partial charge in [-0.05, 0) is 20.8 Å². The van der Waals surface area contributed by atoms with Gasteiger partial charge in [-0.1, -0.05) is 0 Å². The molecule has 0 bridgehead atoms. The van der Waals surface area contributed by atoms with Crippen molar-refractivity contribution >= 4 is 17.7 Å². The first kappa shape index (κ1) is 12.6. The Hall–Kier alpha value is -1.89. The van der Waals surface area contributed by atoms with Gasteiger partial charge in [0.1, 0.15) is 5.76 Å². The van der Waals surface area contributed by atoms with Crippen molar-refractivity contribution in [3.63, 3.8) is 0 Å².